The zero-order chi connectivity index (χ0) is 20.2. The minimum atomic E-state index is -2.16. The second-order valence-electron chi connectivity index (χ2n) is 8.04. The molecule has 0 radical (unpaired) electrons. The first-order valence-corrected chi connectivity index (χ1v) is 9.11. The average molecular weight is 364 g/mol. The number of allylic oxidation sites excluding steroid dienone is 4. The van der Waals surface area contributed by atoms with Crippen molar-refractivity contribution in [3.8, 4) is 0 Å². The van der Waals surface area contributed by atoms with E-state index in [9.17, 15) is 24.9 Å². The van der Waals surface area contributed by atoms with E-state index >= 15 is 0 Å². The highest BCUT2D eigenvalue weighted by Crippen LogP contribution is 2.43. The van der Waals surface area contributed by atoms with Gasteiger partial charge < -0.3 is 15.3 Å². The molecule has 3 atom stereocenters. The lowest BCUT2D eigenvalue weighted by Gasteiger charge is -2.33. The minimum Gasteiger partial charge on any atom is -0.508 e. The standard InChI is InChI=1S/C21H32O5/c1-12(2)7-9-15-19(24)18(16(22)11-14(5)6)20(25)21(15,26)17(23)10-8-13(3)4/h7-8,14-15,17,23,25-26H,9-11H2,1-6H3/t15-,17+,21+/m0/s1. The van der Waals surface area contributed by atoms with E-state index in [-0.39, 0.29) is 30.8 Å². The van der Waals surface area contributed by atoms with Crippen LogP contribution in [0.15, 0.2) is 34.6 Å². The van der Waals surface area contributed by atoms with Crippen LogP contribution in [0.1, 0.15) is 60.8 Å². The first-order chi connectivity index (χ1) is 11.9. The molecular formula is C21H32O5. The van der Waals surface area contributed by atoms with Crippen LogP contribution in [0.25, 0.3) is 0 Å². The number of hydrogen-bond donors (Lipinski definition) is 3. The number of ketones is 2. The summed E-state index contributed by atoms with van der Waals surface area (Å²) in [6.45, 7) is 11.1. The van der Waals surface area contributed by atoms with Gasteiger partial charge in [0, 0.05) is 6.42 Å². The molecule has 0 unspecified atom stereocenters. The van der Waals surface area contributed by atoms with Crippen LogP contribution in [0, 0.1) is 11.8 Å². The van der Waals surface area contributed by atoms with Crippen molar-refractivity contribution in [2.75, 3.05) is 0 Å². The number of aliphatic hydroxyl groups is 3. The van der Waals surface area contributed by atoms with Gasteiger partial charge in [0.05, 0.1) is 12.0 Å². The Bertz CT molecular complexity index is 645. The molecule has 1 aliphatic carbocycles. The summed E-state index contributed by atoms with van der Waals surface area (Å²) < 4.78 is 0. The van der Waals surface area contributed by atoms with Crippen molar-refractivity contribution in [2.24, 2.45) is 11.8 Å². The van der Waals surface area contributed by atoms with Crippen molar-refractivity contribution in [2.45, 2.75) is 72.5 Å². The Kier molecular flexibility index (Phi) is 7.54. The van der Waals surface area contributed by atoms with Gasteiger partial charge in [-0.05, 0) is 46.5 Å². The summed E-state index contributed by atoms with van der Waals surface area (Å²) in [4.78, 5) is 25.3. The van der Waals surface area contributed by atoms with Gasteiger partial charge in [-0.15, -0.1) is 0 Å². The Morgan fingerprint density at radius 3 is 2.15 bits per heavy atom. The van der Waals surface area contributed by atoms with E-state index in [0.717, 1.165) is 11.1 Å². The molecule has 0 saturated carbocycles. The molecule has 0 heterocycles. The van der Waals surface area contributed by atoms with E-state index in [4.69, 9.17) is 0 Å². The molecule has 0 fully saturated rings. The lowest BCUT2D eigenvalue weighted by Crippen LogP contribution is -2.49. The van der Waals surface area contributed by atoms with Crippen LogP contribution in [0.5, 0.6) is 0 Å². The van der Waals surface area contributed by atoms with Crippen LogP contribution < -0.4 is 0 Å². The number of Topliss-reactive ketones (excluding diaryl/α,β-unsaturated/α-hetero) is 2. The van der Waals surface area contributed by atoms with Gasteiger partial charge in [-0.25, -0.2) is 0 Å². The molecule has 0 aromatic rings. The van der Waals surface area contributed by atoms with Crippen LogP contribution in [0.4, 0.5) is 0 Å². The van der Waals surface area contributed by atoms with Crippen LogP contribution in [0.3, 0.4) is 0 Å². The predicted octanol–water partition coefficient (Wildman–Crippen LogP) is 3.42. The fourth-order valence-electron chi connectivity index (χ4n) is 3.16. The zero-order valence-electron chi connectivity index (χ0n) is 16.7. The maximum Gasteiger partial charge on any atom is 0.176 e. The van der Waals surface area contributed by atoms with Gasteiger partial charge in [-0.3, -0.25) is 9.59 Å². The fraction of sp³-hybridized carbons (Fsp3) is 0.619. The van der Waals surface area contributed by atoms with Crippen molar-refractivity contribution >= 4 is 11.6 Å². The summed E-state index contributed by atoms with van der Waals surface area (Å²) in [6.07, 6.45) is 2.43. The number of hydrogen-bond acceptors (Lipinski definition) is 5. The normalized spacial score (nSPS) is 24.0. The van der Waals surface area contributed by atoms with Crippen LogP contribution in [-0.2, 0) is 9.59 Å². The van der Waals surface area contributed by atoms with Gasteiger partial charge in [-0.2, -0.15) is 0 Å². The summed E-state index contributed by atoms with van der Waals surface area (Å²) in [7, 11) is 0. The molecule has 1 rings (SSSR count). The highest BCUT2D eigenvalue weighted by atomic mass is 16.4. The van der Waals surface area contributed by atoms with Crippen LogP contribution >= 0.6 is 0 Å². The Morgan fingerprint density at radius 1 is 1.15 bits per heavy atom. The first kappa shape index (κ1) is 22.3. The maximum absolute atomic E-state index is 12.9. The fourth-order valence-corrected chi connectivity index (χ4v) is 3.16. The number of carbonyl (C=O) groups excluding carboxylic acids is 2. The largest absolute Gasteiger partial charge is 0.508 e. The predicted molar refractivity (Wildman–Crippen MR) is 102 cm³/mol. The van der Waals surface area contributed by atoms with Gasteiger partial charge in [0.1, 0.15) is 11.3 Å². The molecular weight excluding hydrogens is 332 g/mol. The summed E-state index contributed by atoms with van der Waals surface area (Å²) in [5, 5.41) is 32.4. The first-order valence-electron chi connectivity index (χ1n) is 9.11. The number of carbonyl (C=O) groups is 2. The third-order valence-electron chi connectivity index (χ3n) is 4.60. The Hall–Kier alpha value is -1.72. The summed E-state index contributed by atoms with van der Waals surface area (Å²) in [5.41, 5.74) is -0.626. The molecule has 0 bridgehead atoms. The Labute approximate surface area is 156 Å². The van der Waals surface area contributed by atoms with Gasteiger partial charge in [-0.1, -0.05) is 37.1 Å². The molecule has 146 valence electrons. The molecule has 0 aromatic heterocycles. The Morgan fingerprint density at radius 2 is 1.69 bits per heavy atom. The molecule has 5 nitrogen and oxygen atoms in total. The second kappa shape index (κ2) is 8.78. The number of aliphatic hydroxyl groups excluding tert-OH is 2. The van der Waals surface area contributed by atoms with Gasteiger partial charge in [0.15, 0.2) is 17.2 Å². The topological polar surface area (TPSA) is 94.8 Å². The second-order valence-corrected chi connectivity index (χ2v) is 8.04. The molecule has 26 heavy (non-hydrogen) atoms. The smallest absolute Gasteiger partial charge is 0.176 e. The van der Waals surface area contributed by atoms with E-state index in [1.807, 2.05) is 41.5 Å². The molecule has 5 heteroatoms. The van der Waals surface area contributed by atoms with Gasteiger partial charge in [0.25, 0.3) is 0 Å². The van der Waals surface area contributed by atoms with E-state index < -0.39 is 34.9 Å². The van der Waals surface area contributed by atoms with E-state index in [1.54, 1.807) is 12.2 Å². The monoisotopic (exact) mass is 364 g/mol. The van der Waals surface area contributed by atoms with Crippen molar-refractivity contribution in [1.29, 1.82) is 0 Å². The van der Waals surface area contributed by atoms with E-state index in [0.29, 0.717) is 0 Å². The van der Waals surface area contributed by atoms with Crippen molar-refractivity contribution in [1.82, 2.24) is 0 Å². The zero-order valence-corrected chi connectivity index (χ0v) is 16.7. The van der Waals surface area contributed by atoms with E-state index in [2.05, 4.69) is 0 Å². The SMILES string of the molecule is CC(C)=CC[C@@H](O)[C@@]1(O)C(O)=C(C(=O)CC(C)C)C(=O)[C@@H]1CC=C(C)C. The molecule has 0 amide bonds. The molecule has 0 aromatic carbocycles. The highest BCUT2D eigenvalue weighted by Gasteiger charge is 2.58. The van der Waals surface area contributed by atoms with Crippen molar-refractivity contribution in [3.05, 3.63) is 34.6 Å². The third kappa shape index (κ3) is 4.71. The summed E-state index contributed by atoms with van der Waals surface area (Å²) in [5.74, 6) is -2.84. The van der Waals surface area contributed by atoms with E-state index in [1.165, 1.54) is 0 Å². The maximum atomic E-state index is 12.9. The molecule has 0 aliphatic heterocycles. The lowest BCUT2D eigenvalue weighted by molar-refractivity contribution is -0.134. The summed E-state index contributed by atoms with van der Waals surface area (Å²) >= 11 is 0. The number of rotatable bonds is 8. The van der Waals surface area contributed by atoms with Crippen molar-refractivity contribution < 1.29 is 24.9 Å². The van der Waals surface area contributed by atoms with Crippen molar-refractivity contribution in [3.63, 3.8) is 0 Å². The average Bonchev–Trinajstić information content (AvgIpc) is 2.69. The highest BCUT2D eigenvalue weighted by molar-refractivity contribution is 6.23. The Balaban J connectivity index is 3.38. The van der Waals surface area contributed by atoms with Crippen LogP contribution in [0.2, 0.25) is 0 Å². The van der Waals surface area contributed by atoms with Gasteiger partial charge in [0.2, 0.25) is 0 Å². The summed E-state index contributed by atoms with van der Waals surface area (Å²) in [6, 6.07) is 0. The molecule has 1 aliphatic rings. The third-order valence-corrected chi connectivity index (χ3v) is 4.60. The molecule has 0 saturated heterocycles. The van der Waals surface area contributed by atoms with Gasteiger partial charge >= 0.3 is 0 Å². The van der Waals surface area contributed by atoms with Crippen LogP contribution in [-0.4, -0.2) is 38.6 Å². The minimum absolute atomic E-state index is 0.0103. The quantitative estimate of drug-likeness (QED) is 0.453. The lowest BCUT2D eigenvalue weighted by atomic mass is 9.80. The molecule has 0 spiro atoms. The molecule has 3 N–H and O–H groups in total.